The molecule has 156 valence electrons. The molecule has 3 rings (SSSR count). The van der Waals surface area contributed by atoms with Crippen LogP contribution in [0.3, 0.4) is 0 Å². The lowest BCUT2D eigenvalue weighted by atomic mass is 9.88. The largest absolute Gasteiger partial charge is 0.497 e. The lowest BCUT2D eigenvalue weighted by Gasteiger charge is -2.26. The van der Waals surface area contributed by atoms with Crippen molar-refractivity contribution in [1.82, 2.24) is 9.21 Å². The molecule has 2 aromatic rings. The number of carbonyl (C=O) groups is 1. The van der Waals surface area contributed by atoms with E-state index in [2.05, 4.69) is 0 Å². The first-order valence-corrected chi connectivity index (χ1v) is 11.3. The summed E-state index contributed by atoms with van der Waals surface area (Å²) >= 11 is 0. The normalized spacial score (nSPS) is 19.8. The van der Waals surface area contributed by atoms with Crippen molar-refractivity contribution in [2.45, 2.75) is 24.7 Å². The van der Waals surface area contributed by atoms with Crippen molar-refractivity contribution in [2.24, 2.45) is 5.92 Å². The molecular weight excluding hydrogens is 388 g/mol. The number of nitrogens with zero attached hydrogens (tertiary/aromatic N) is 2. The zero-order valence-electron chi connectivity index (χ0n) is 17.1. The van der Waals surface area contributed by atoms with Crippen LogP contribution in [-0.4, -0.2) is 56.8 Å². The number of methoxy groups -OCH3 is 1. The summed E-state index contributed by atoms with van der Waals surface area (Å²) in [6.07, 6.45) is 0. The van der Waals surface area contributed by atoms with Gasteiger partial charge in [0.2, 0.25) is 15.9 Å². The van der Waals surface area contributed by atoms with Gasteiger partial charge in [0.1, 0.15) is 5.75 Å². The van der Waals surface area contributed by atoms with E-state index >= 15 is 0 Å². The summed E-state index contributed by atoms with van der Waals surface area (Å²) in [5.41, 5.74) is 0.917. The monoisotopic (exact) mass is 416 g/mol. The first-order valence-electron chi connectivity index (χ1n) is 9.90. The van der Waals surface area contributed by atoms with Crippen LogP contribution in [0.1, 0.15) is 25.3 Å². The molecule has 0 spiro atoms. The number of carbonyl (C=O) groups excluding carboxylic acids is 1. The number of amides is 1. The van der Waals surface area contributed by atoms with Crippen molar-refractivity contribution >= 4 is 15.9 Å². The van der Waals surface area contributed by atoms with E-state index in [-0.39, 0.29) is 29.8 Å². The zero-order chi connectivity index (χ0) is 21.0. The number of hydrogen-bond donors (Lipinski definition) is 0. The standard InChI is InChI=1S/C22H28N2O4S/c1-4-23(5-2)22(25)21-16-24(29(26,27)19-12-7-6-8-13-19)15-20(21)17-10-9-11-18(14-17)28-3/h6-14,20-21H,4-5,15-16H2,1-3H3. The van der Waals surface area contributed by atoms with Crippen LogP contribution in [0.25, 0.3) is 0 Å². The Morgan fingerprint density at radius 2 is 1.76 bits per heavy atom. The van der Waals surface area contributed by atoms with E-state index in [1.54, 1.807) is 42.3 Å². The lowest BCUT2D eigenvalue weighted by Crippen LogP contribution is -2.39. The van der Waals surface area contributed by atoms with Crippen LogP contribution in [0, 0.1) is 5.92 Å². The van der Waals surface area contributed by atoms with E-state index in [1.165, 1.54) is 4.31 Å². The second-order valence-electron chi connectivity index (χ2n) is 7.14. The molecule has 1 aliphatic rings. The summed E-state index contributed by atoms with van der Waals surface area (Å²) in [6.45, 7) is 5.52. The number of rotatable bonds is 7. The van der Waals surface area contributed by atoms with Gasteiger partial charge < -0.3 is 9.64 Å². The van der Waals surface area contributed by atoms with Gasteiger partial charge >= 0.3 is 0 Å². The molecule has 6 nitrogen and oxygen atoms in total. The van der Waals surface area contributed by atoms with Crippen LogP contribution in [0.2, 0.25) is 0 Å². The molecule has 1 saturated heterocycles. The molecule has 2 unspecified atom stereocenters. The third-order valence-electron chi connectivity index (χ3n) is 5.58. The van der Waals surface area contributed by atoms with Gasteiger partial charge in [0.05, 0.1) is 17.9 Å². The second kappa shape index (κ2) is 8.97. The maximum Gasteiger partial charge on any atom is 0.243 e. The fraction of sp³-hybridized carbons (Fsp3) is 0.409. The van der Waals surface area contributed by atoms with Gasteiger partial charge in [-0.2, -0.15) is 4.31 Å². The minimum absolute atomic E-state index is 0.00594. The average Bonchev–Trinajstić information content (AvgIpc) is 3.21. The number of benzene rings is 2. The van der Waals surface area contributed by atoms with Crippen LogP contribution < -0.4 is 4.74 Å². The van der Waals surface area contributed by atoms with Gasteiger partial charge in [-0.25, -0.2) is 8.42 Å². The van der Waals surface area contributed by atoms with Crippen LogP contribution in [0.4, 0.5) is 0 Å². The molecule has 1 aliphatic heterocycles. The molecular formula is C22H28N2O4S. The van der Waals surface area contributed by atoms with Crippen LogP contribution in [0.5, 0.6) is 5.75 Å². The van der Waals surface area contributed by atoms with Crippen LogP contribution >= 0.6 is 0 Å². The Balaban J connectivity index is 1.98. The topological polar surface area (TPSA) is 66.9 Å². The second-order valence-corrected chi connectivity index (χ2v) is 9.07. The SMILES string of the molecule is CCN(CC)C(=O)C1CN(S(=O)(=O)c2ccccc2)CC1c1cccc(OC)c1. The molecule has 7 heteroatoms. The highest BCUT2D eigenvalue weighted by molar-refractivity contribution is 7.89. The van der Waals surface area contributed by atoms with Crippen LogP contribution in [0.15, 0.2) is 59.5 Å². The molecule has 1 fully saturated rings. The molecule has 0 N–H and O–H groups in total. The Kier molecular flexibility index (Phi) is 6.59. The molecule has 0 radical (unpaired) electrons. The molecule has 1 heterocycles. The predicted molar refractivity (Wildman–Crippen MR) is 112 cm³/mol. The highest BCUT2D eigenvalue weighted by Gasteiger charge is 2.44. The minimum Gasteiger partial charge on any atom is -0.497 e. The Morgan fingerprint density at radius 3 is 2.38 bits per heavy atom. The number of ether oxygens (including phenoxy) is 1. The molecule has 2 atom stereocenters. The van der Waals surface area contributed by atoms with E-state index in [1.807, 2.05) is 38.1 Å². The molecule has 1 amide bonds. The fourth-order valence-electron chi connectivity index (χ4n) is 3.94. The minimum atomic E-state index is -3.67. The summed E-state index contributed by atoms with van der Waals surface area (Å²) in [6, 6.07) is 15.9. The third kappa shape index (κ3) is 4.31. The summed E-state index contributed by atoms with van der Waals surface area (Å²) < 4.78 is 33.2. The maximum atomic E-state index is 13.2. The Hall–Kier alpha value is -2.38. The van der Waals surface area contributed by atoms with Crippen molar-refractivity contribution < 1.29 is 17.9 Å². The van der Waals surface area contributed by atoms with Crippen molar-refractivity contribution in [3.8, 4) is 5.75 Å². The van der Waals surface area contributed by atoms with E-state index in [0.717, 1.165) is 5.56 Å². The number of sulfonamides is 1. The zero-order valence-corrected chi connectivity index (χ0v) is 17.9. The van der Waals surface area contributed by atoms with Crippen molar-refractivity contribution in [1.29, 1.82) is 0 Å². The van der Waals surface area contributed by atoms with E-state index in [9.17, 15) is 13.2 Å². The summed E-state index contributed by atoms with van der Waals surface area (Å²) in [7, 11) is -2.07. The summed E-state index contributed by atoms with van der Waals surface area (Å²) in [4.78, 5) is 15.3. The van der Waals surface area contributed by atoms with Gasteiger partial charge in [-0.15, -0.1) is 0 Å². The van der Waals surface area contributed by atoms with E-state index < -0.39 is 15.9 Å². The molecule has 29 heavy (non-hydrogen) atoms. The van der Waals surface area contributed by atoms with Crippen LogP contribution in [-0.2, 0) is 14.8 Å². The summed E-state index contributed by atoms with van der Waals surface area (Å²) in [5.74, 6) is 0.0340. The van der Waals surface area contributed by atoms with E-state index in [4.69, 9.17) is 4.74 Å². The highest BCUT2D eigenvalue weighted by Crippen LogP contribution is 2.37. The Bertz CT molecular complexity index is 942. The Morgan fingerprint density at radius 1 is 1.07 bits per heavy atom. The maximum absolute atomic E-state index is 13.2. The molecule has 2 aromatic carbocycles. The first-order chi connectivity index (χ1) is 13.9. The lowest BCUT2D eigenvalue weighted by molar-refractivity contribution is -0.135. The molecule has 0 aromatic heterocycles. The van der Waals surface area contributed by atoms with Gasteiger partial charge in [0, 0.05) is 32.1 Å². The quantitative estimate of drug-likeness (QED) is 0.696. The average molecular weight is 417 g/mol. The van der Waals surface area contributed by atoms with Crippen molar-refractivity contribution in [3.05, 3.63) is 60.2 Å². The highest BCUT2D eigenvalue weighted by atomic mass is 32.2. The number of hydrogen-bond acceptors (Lipinski definition) is 4. The van der Waals surface area contributed by atoms with Gasteiger partial charge in [-0.05, 0) is 43.7 Å². The summed E-state index contributed by atoms with van der Waals surface area (Å²) in [5, 5.41) is 0. The smallest absolute Gasteiger partial charge is 0.243 e. The van der Waals surface area contributed by atoms with Gasteiger partial charge in [-0.3, -0.25) is 4.79 Å². The van der Waals surface area contributed by atoms with Gasteiger partial charge in [0.15, 0.2) is 0 Å². The third-order valence-corrected chi connectivity index (χ3v) is 7.43. The molecule has 0 saturated carbocycles. The first kappa shape index (κ1) is 21.3. The van der Waals surface area contributed by atoms with Crippen molar-refractivity contribution in [2.75, 3.05) is 33.3 Å². The fourth-order valence-corrected chi connectivity index (χ4v) is 5.45. The molecule has 0 aliphatic carbocycles. The van der Waals surface area contributed by atoms with Gasteiger partial charge in [-0.1, -0.05) is 30.3 Å². The predicted octanol–water partition coefficient (Wildman–Crippen LogP) is 2.97. The van der Waals surface area contributed by atoms with E-state index in [0.29, 0.717) is 18.8 Å². The van der Waals surface area contributed by atoms with Gasteiger partial charge in [0.25, 0.3) is 0 Å². The van der Waals surface area contributed by atoms with Crippen molar-refractivity contribution in [3.63, 3.8) is 0 Å². The molecule has 0 bridgehead atoms. The Labute approximate surface area is 173 Å².